The predicted molar refractivity (Wildman–Crippen MR) is 37.4 cm³/mol. The van der Waals surface area contributed by atoms with Crippen LogP contribution in [0.1, 0.15) is 19.3 Å². The van der Waals surface area contributed by atoms with Gasteiger partial charge in [0.25, 0.3) is 0 Å². The van der Waals surface area contributed by atoms with Crippen LogP contribution in [0.3, 0.4) is 0 Å². The molecule has 0 bridgehead atoms. The fraction of sp³-hybridized carbons (Fsp3) is 0.571. The Morgan fingerprint density at radius 3 is 3.44 bits per heavy atom. The lowest BCUT2D eigenvalue weighted by Gasteiger charge is -2.06. The molecule has 48 valence electrons. The van der Waals surface area contributed by atoms with Gasteiger partial charge in [0.2, 0.25) is 0 Å². The third kappa shape index (κ3) is 0.745. The zero-order valence-corrected chi connectivity index (χ0v) is 5.35. The van der Waals surface area contributed by atoms with Gasteiger partial charge in [0, 0.05) is 0 Å². The Bertz CT molecular complexity index is 179. The number of hydrogen-bond donors (Lipinski definition) is 1. The van der Waals surface area contributed by atoms with Crippen molar-refractivity contribution >= 4 is 5.71 Å². The smallest absolute Gasteiger partial charge is 0.0650 e. The summed E-state index contributed by atoms with van der Waals surface area (Å²) in [5.41, 5.74) is 5.71. The molecule has 1 aliphatic carbocycles. The fourth-order valence-electron chi connectivity index (χ4n) is 1.35. The lowest BCUT2D eigenvalue weighted by atomic mass is 9.98. The maximum atomic E-state index is 4.16. The first-order valence-electron chi connectivity index (χ1n) is 3.45. The van der Waals surface area contributed by atoms with E-state index in [4.69, 9.17) is 0 Å². The third-order valence-electron chi connectivity index (χ3n) is 1.86. The normalized spacial score (nSPS) is 24.0. The second-order valence-electron chi connectivity index (χ2n) is 2.51. The van der Waals surface area contributed by atoms with Crippen LogP contribution < -0.4 is 5.43 Å². The van der Waals surface area contributed by atoms with E-state index in [1.54, 1.807) is 0 Å². The lowest BCUT2D eigenvalue weighted by Crippen LogP contribution is -2.06. The Kier molecular flexibility index (Phi) is 1.04. The number of nitrogens with zero attached hydrogens (tertiary/aromatic N) is 1. The van der Waals surface area contributed by atoms with Gasteiger partial charge in [-0.25, -0.2) is 0 Å². The summed E-state index contributed by atoms with van der Waals surface area (Å²) in [6.45, 7) is 0.968. The van der Waals surface area contributed by atoms with Gasteiger partial charge in [-0.1, -0.05) is 6.08 Å². The van der Waals surface area contributed by atoms with Gasteiger partial charge < -0.3 is 5.43 Å². The van der Waals surface area contributed by atoms with Gasteiger partial charge in [-0.3, -0.25) is 0 Å². The highest BCUT2D eigenvalue weighted by atomic mass is 15.3. The fourth-order valence-corrected chi connectivity index (χ4v) is 1.35. The molecule has 9 heavy (non-hydrogen) atoms. The van der Waals surface area contributed by atoms with Gasteiger partial charge in [0.1, 0.15) is 0 Å². The highest BCUT2D eigenvalue weighted by Gasteiger charge is 2.14. The van der Waals surface area contributed by atoms with E-state index in [1.807, 2.05) is 0 Å². The predicted octanol–water partition coefficient (Wildman–Crippen LogP) is 1.06. The van der Waals surface area contributed by atoms with Crippen LogP contribution in [0.2, 0.25) is 0 Å². The van der Waals surface area contributed by atoms with Crippen molar-refractivity contribution in [2.24, 2.45) is 5.10 Å². The summed E-state index contributed by atoms with van der Waals surface area (Å²) in [6.07, 6.45) is 6.00. The molecule has 0 aromatic rings. The van der Waals surface area contributed by atoms with E-state index in [0.29, 0.717) is 0 Å². The van der Waals surface area contributed by atoms with Gasteiger partial charge in [-0.05, 0) is 24.8 Å². The van der Waals surface area contributed by atoms with Gasteiger partial charge in [0.05, 0.1) is 12.3 Å². The van der Waals surface area contributed by atoms with E-state index in [9.17, 15) is 0 Å². The average molecular weight is 122 g/mol. The molecule has 0 aromatic carbocycles. The topological polar surface area (TPSA) is 24.4 Å². The van der Waals surface area contributed by atoms with Gasteiger partial charge in [0.15, 0.2) is 0 Å². The van der Waals surface area contributed by atoms with Crippen molar-refractivity contribution in [2.75, 3.05) is 6.54 Å². The standard InChI is InChI=1S/C7H10N2/c1-2-4-7-6(3-1)5-8-9-7/h3,8H,1-2,4-5H2. The Labute approximate surface area is 54.6 Å². The van der Waals surface area contributed by atoms with Crippen molar-refractivity contribution in [1.82, 2.24) is 5.43 Å². The Morgan fingerprint density at radius 1 is 1.56 bits per heavy atom. The highest BCUT2D eigenvalue weighted by Crippen LogP contribution is 2.17. The lowest BCUT2D eigenvalue weighted by molar-refractivity contribution is 0.853. The first kappa shape index (κ1) is 5.03. The molecule has 0 fully saturated rings. The molecule has 2 aliphatic rings. The van der Waals surface area contributed by atoms with Crippen molar-refractivity contribution in [3.63, 3.8) is 0 Å². The number of fused-ring (bicyclic) bond motifs is 1. The number of nitrogens with one attached hydrogen (secondary N) is 1. The van der Waals surface area contributed by atoms with Crippen LogP contribution in [-0.4, -0.2) is 12.3 Å². The zero-order valence-electron chi connectivity index (χ0n) is 5.35. The molecular formula is C7H10N2. The van der Waals surface area contributed by atoms with Crippen LogP contribution in [0.15, 0.2) is 16.8 Å². The number of hydrogen-bond acceptors (Lipinski definition) is 2. The SMILES string of the molecule is C1=C2CNN=C2CCC1. The summed E-state index contributed by atoms with van der Waals surface area (Å²) < 4.78 is 0. The summed E-state index contributed by atoms with van der Waals surface area (Å²) in [5.74, 6) is 0. The van der Waals surface area contributed by atoms with Crippen LogP contribution in [0.25, 0.3) is 0 Å². The quantitative estimate of drug-likeness (QED) is 0.510. The molecule has 1 aliphatic heterocycles. The summed E-state index contributed by atoms with van der Waals surface area (Å²) in [5, 5.41) is 4.16. The second-order valence-corrected chi connectivity index (χ2v) is 2.51. The van der Waals surface area contributed by atoms with Crippen LogP contribution in [0, 0.1) is 0 Å². The summed E-state index contributed by atoms with van der Waals surface area (Å²) in [6, 6.07) is 0. The highest BCUT2D eigenvalue weighted by molar-refractivity contribution is 6.02. The second kappa shape index (κ2) is 1.87. The molecule has 2 rings (SSSR count). The summed E-state index contributed by atoms with van der Waals surface area (Å²) >= 11 is 0. The minimum atomic E-state index is 0.968. The Balaban J connectivity index is 2.30. The number of rotatable bonds is 0. The first-order valence-corrected chi connectivity index (χ1v) is 3.45. The van der Waals surface area contributed by atoms with Crippen LogP contribution in [0.4, 0.5) is 0 Å². The van der Waals surface area contributed by atoms with E-state index in [2.05, 4.69) is 16.6 Å². The van der Waals surface area contributed by atoms with Crippen molar-refractivity contribution in [1.29, 1.82) is 0 Å². The molecule has 0 aromatic heterocycles. The first-order chi connectivity index (χ1) is 4.47. The third-order valence-corrected chi connectivity index (χ3v) is 1.86. The van der Waals surface area contributed by atoms with E-state index >= 15 is 0 Å². The average Bonchev–Trinajstić information content (AvgIpc) is 2.33. The molecule has 0 atom stereocenters. The molecule has 0 amide bonds. The van der Waals surface area contributed by atoms with Crippen molar-refractivity contribution in [3.05, 3.63) is 11.6 Å². The molecule has 0 saturated heterocycles. The Morgan fingerprint density at radius 2 is 2.56 bits per heavy atom. The van der Waals surface area contributed by atoms with E-state index < -0.39 is 0 Å². The molecular weight excluding hydrogens is 112 g/mol. The van der Waals surface area contributed by atoms with E-state index in [1.165, 1.54) is 30.5 Å². The number of allylic oxidation sites excluding steroid dienone is 1. The number of hydrazone groups is 1. The summed E-state index contributed by atoms with van der Waals surface area (Å²) in [7, 11) is 0. The molecule has 1 heterocycles. The Hall–Kier alpha value is -0.790. The van der Waals surface area contributed by atoms with Gasteiger partial charge in [-0.15, -0.1) is 0 Å². The molecule has 0 unspecified atom stereocenters. The monoisotopic (exact) mass is 122 g/mol. The van der Waals surface area contributed by atoms with Crippen LogP contribution >= 0.6 is 0 Å². The molecule has 0 radical (unpaired) electrons. The van der Waals surface area contributed by atoms with Crippen molar-refractivity contribution in [3.8, 4) is 0 Å². The van der Waals surface area contributed by atoms with Crippen molar-refractivity contribution in [2.45, 2.75) is 19.3 Å². The van der Waals surface area contributed by atoms with Crippen molar-refractivity contribution < 1.29 is 0 Å². The maximum Gasteiger partial charge on any atom is 0.0650 e. The molecule has 0 spiro atoms. The van der Waals surface area contributed by atoms with E-state index in [0.717, 1.165) is 6.54 Å². The molecule has 2 heteroatoms. The van der Waals surface area contributed by atoms with Crippen LogP contribution in [-0.2, 0) is 0 Å². The molecule has 2 nitrogen and oxygen atoms in total. The van der Waals surface area contributed by atoms with Crippen LogP contribution in [0.5, 0.6) is 0 Å². The van der Waals surface area contributed by atoms with Gasteiger partial charge in [-0.2, -0.15) is 5.10 Å². The van der Waals surface area contributed by atoms with Gasteiger partial charge >= 0.3 is 0 Å². The molecule has 0 saturated carbocycles. The largest absolute Gasteiger partial charge is 0.305 e. The van der Waals surface area contributed by atoms with E-state index in [-0.39, 0.29) is 0 Å². The minimum absolute atomic E-state index is 0.968. The zero-order chi connectivity index (χ0) is 6.10. The summed E-state index contributed by atoms with van der Waals surface area (Å²) in [4.78, 5) is 0. The molecule has 1 N–H and O–H groups in total. The minimum Gasteiger partial charge on any atom is -0.305 e. The maximum absolute atomic E-state index is 4.16.